The van der Waals surface area contributed by atoms with E-state index in [9.17, 15) is 4.79 Å². The summed E-state index contributed by atoms with van der Waals surface area (Å²) < 4.78 is 0. The van der Waals surface area contributed by atoms with Crippen LogP contribution in [0.1, 0.15) is 34.3 Å². The summed E-state index contributed by atoms with van der Waals surface area (Å²) in [5, 5.41) is 3.43. The molecule has 2 aromatic carbocycles. The van der Waals surface area contributed by atoms with Crippen LogP contribution in [0.25, 0.3) is 0 Å². The van der Waals surface area contributed by atoms with E-state index in [4.69, 9.17) is 5.73 Å². The topological polar surface area (TPSA) is 70.7 Å². The molecular weight excluding hydrogens is 336 g/mol. The van der Waals surface area contributed by atoms with Gasteiger partial charge >= 0.3 is 0 Å². The summed E-state index contributed by atoms with van der Waals surface area (Å²) in [5.74, 6) is 1.28. The first-order chi connectivity index (χ1) is 13.2. The fourth-order valence-electron chi connectivity index (χ4n) is 3.60. The highest BCUT2D eigenvalue weighted by Crippen LogP contribution is 2.21. The van der Waals surface area contributed by atoms with Gasteiger partial charge in [-0.3, -0.25) is 9.79 Å². The SMILES string of the molecule is CN=C(NCc1ccc(C(N)=O)cc1)N1CCC(Cc2ccccc2)CC1. The molecule has 2 aromatic rings. The Kier molecular flexibility index (Phi) is 6.47. The minimum absolute atomic E-state index is 0.399. The second kappa shape index (κ2) is 9.21. The molecule has 1 aliphatic heterocycles. The maximum atomic E-state index is 11.2. The van der Waals surface area contributed by atoms with E-state index in [0.717, 1.165) is 37.0 Å². The van der Waals surface area contributed by atoms with E-state index in [1.165, 1.54) is 18.4 Å². The Morgan fingerprint density at radius 1 is 1.07 bits per heavy atom. The summed E-state index contributed by atoms with van der Waals surface area (Å²) in [7, 11) is 1.83. The van der Waals surface area contributed by atoms with Crippen molar-refractivity contribution < 1.29 is 4.79 Å². The maximum absolute atomic E-state index is 11.2. The van der Waals surface area contributed by atoms with Crippen LogP contribution < -0.4 is 11.1 Å². The number of amides is 1. The normalized spacial score (nSPS) is 15.6. The molecular formula is C22H28N4O. The summed E-state index contributed by atoms with van der Waals surface area (Å²) in [5.41, 5.74) is 8.34. The fraction of sp³-hybridized carbons (Fsp3) is 0.364. The minimum atomic E-state index is -0.399. The van der Waals surface area contributed by atoms with Crippen molar-refractivity contribution in [2.24, 2.45) is 16.6 Å². The second-order valence-corrected chi connectivity index (χ2v) is 7.08. The van der Waals surface area contributed by atoms with Crippen LogP contribution >= 0.6 is 0 Å². The number of nitrogens with zero attached hydrogens (tertiary/aromatic N) is 2. The van der Waals surface area contributed by atoms with Gasteiger partial charge in [0.25, 0.3) is 0 Å². The number of likely N-dealkylation sites (tertiary alicyclic amines) is 1. The smallest absolute Gasteiger partial charge is 0.248 e. The number of nitrogens with two attached hydrogens (primary N) is 1. The van der Waals surface area contributed by atoms with Crippen molar-refractivity contribution in [3.63, 3.8) is 0 Å². The van der Waals surface area contributed by atoms with Crippen LogP contribution in [0.5, 0.6) is 0 Å². The van der Waals surface area contributed by atoms with Gasteiger partial charge in [0.1, 0.15) is 0 Å². The highest BCUT2D eigenvalue weighted by atomic mass is 16.1. The van der Waals surface area contributed by atoms with Crippen LogP contribution in [0, 0.1) is 5.92 Å². The summed E-state index contributed by atoms with van der Waals surface area (Å²) in [6.45, 7) is 2.73. The van der Waals surface area contributed by atoms with Gasteiger partial charge in [-0.1, -0.05) is 42.5 Å². The van der Waals surface area contributed by atoms with Crippen LogP contribution in [0.3, 0.4) is 0 Å². The molecule has 142 valence electrons. The van der Waals surface area contributed by atoms with Gasteiger partial charge in [0.15, 0.2) is 5.96 Å². The highest BCUT2D eigenvalue weighted by molar-refractivity contribution is 5.92. The number of aliphatic imine (C=N–C) groups is 1. The Hall–Kier alpha value is -2.82. The van der Waals surface area contributed by atoms with E-state index in [0.29, 0.717) is 12.1 Å². The first-order valence-corrected chi connectivity index (χ1v) is 9.54. The number of rotatable bonds is 5. The molecule has 1 amide bonds. The average molecular weight is 364 g/mol. The molecule has 0 radical (unpaired) electrons. The number of benzene rings is 2. The number of hydrogen-bond acceptors (Lipinski definition) is 2. The van der Waals surface area contributed by atoms with Gasteiger partial charge < -0.3 is 16.0 Å². The van der Waals surface area contributed by atoms with Gasteiger partial charge in [-0.15, -0.1) is 0 Å². The molecule has 0 spiro atoms. The standard InChI is InChI=1S/C22H28N4O/c1-24-22(25-16-19-7-9-20(10-8-19)21(23)27)26-13-11-18(12-14-26)15-17-5-3-2-4-6-17/h2-10,18H,11-16H2,1H3,(H2,23,27)(H,24,25). The summed E-state index contributed by atoms with van der Waals surface area (Å²) in [6, 6.07) is 18.1. The minimum Gasteiger partial charge on any atom is -0.366 e. The molecule has 0 saturated carbocycles. The van der Waals surface area contributed by atoms with Crippen molar-refractivity contribution in [3.05, 3.63) is 71.3 Å². The first-order valence-electron chi connectivity index (χ1n) is 9.54. The molecule has 0 unspecified atom stereocenters. The summed E-state index contributed by atoms with van der Waals surface area (Å²) in [4.78, 5) is 17.9. The molecule has 0 aromatic heterocycles. The Balaban J connectivity index is 1.48. The average Bonchev–Trinajstić information content (AvgIpc) is 2.71. The number of guanidine groups is 1. The number of nitrogens with one attached hydrogen (secondary N) is 1. The quantitative estimate of drug-likeness (QED) is 0.633. The highest BCUT2D eigenvalue weighted by Gasteiger charge is 2.21. The molecule has 3 N–H and O–H groups in total. The van der Waals surface area contributed by atoms with E-state index in [1.54, 1.807) is 12.1 Å². The van der Waals surface area contributed by atoms with Crippen molar-refractivity contribution >= 4 is 11.9 Å². The molecule has 1 fully saturated rings. The molecule has 0 atom stereocenters. The van der Waals surface area contributed by atoms with Crippen LogP contribution in [-0.2, 0) is 13.0 Å². The zero-order valence-electron chi connectivity index (χ0n) is 15.9. The first kappa shape index (κ1) is 19.0. The molecule has 5 heteroatoms. The van der Waals surface area contributed by atoms with Gasteiger partial charge in [0.2, 0.25) is 5.91 Å². The number of piperidine rings is 1. The van der Waals surface area contributed by atoms with Gasteiger partial charge in [-0.2, -0.15) is 0 Å². The number of carbonyl (C=O) groups excluding carboxylic acids is 1. The summed E-state index contributed by atoms with van der Waals surface area (Å²) >= 11 is 0. The fourth-order valence-corrected chi connectivity index (χ4v) is 3.60. The van der Waals surface area contributed by atoms with Gasteiger partial charge in [0.05, 0.1) is 0 Å². The van der Waals surface area contributed by atoms with Crippen LogP contribution in [-0.4, -0.2) is 36.9 Å². The van der Waals surface area contributed by atoms with Crippen molar-refractivity contribution in [3.8, 4) is 0 Å². The lowest BCUT2D eigenvalue weighted by atomic mass is 9.90. The van der Waals surface area contributed by atoms with Crippen LogP contribution in [0.2, 0.25) is 0 Å². The van der Waals surface area contributed by atoms with E-state index >= 15 is 0 Å². The number of primary amides is 1. The second-order valence-electron chi connectivity index (χ2n) is 7.08. The van der Waals surface area contributed by atoms with E-state index in [1.807, 2.05) is 19.2 Å². The third-order valence-electron chi connectivity index (χ3n) is 5.18. The Labute approximate surface area is 161 Å². The Bertz CT molecular complexity index is 763. The summed E-state index contributed by atoms with van der Waals surface area (Å²) in [6.07, 6.45) is 3.53. The molecule has 0 bridgehead atoms. The van der Waals surface area contributed by atoms with Crippen molar-refractivity contribution in [2.75, 3.05) is 20.1 Å². The number of hydrogen-bond donors (Lipinski definition) is 2. The third-order valence-corrected chi connectivity index (χ3v) is 5.18. The van der Waals surface area contributed by atoms with Gasteiger partial charge in [0, 0.05) is 32.2 Å². The number of carbonyl (C=O) groups is 1. The lowest BCUT2D eigenvalue weighted by Gasteiger charge is -2.34. The van der Waals surface area contributed by atoms with Crippen molar-refractivity contribution in [1.82, 2.24) is 10.2 Å². The zero-order chi connectivity index (χ0) is 19.1. The molecule has 27 heavy (non-hydrogen) atoms. The maximum Gasteiger partial charge on any atom is 0.248 e. The lowest BCUT2D eigenvalue weighted by Crippen LogP contribution is -2.45. The van der Waals surface area contributed by atoms with Gasteiger partial charge in [-0.05, 0) is 48.4 Å². The Morgan fingerprint density at radius 2 is 1.74 bits per heavy atom. The van der Waals surface area contributed by atoms with E-state index in [-0.39, 0.29) is 0 Å². The van der Waals surface area contributed by atoms with E-state index < -0.39 is 5.91 Å². The molecule has 1 heterocycles. The predicted octanol–water partition coefficient (Wildman–Crippen LogP) is 2.82. The monoisotopic (exact) mass is 364 g/mol. The van der Waals surface area contributed by atoms with Crippen molar-refractivity contribution in [2.45, 2.75) is 25.8 Å². The van der Waals surface area contributed by atoms with Crippen LogP contribution in [0.4, 0.5) is 0 Å². The Morgan fingerprint density at radius 3 is 2.33 bits per heavy atom. The largest absolute Gasteiger partial charge is 0.366 e. The van der Waals surface area contributed by atoms with Gasteiger partial charge in [-0.25, -0.2) is 0 Å². The molecule has 3 rings (SSSR count). The van der Waals surface area contributed by atoms with E-state index in [2.05, 4.69) is 45.5 Å². The molecule has 1 aliphatic rings. The molecule has 5 nitrogen and oxygen atoms in total. The van der Waals surface area contributed by atoms with Crippen molar-refractivity contribution in [1.29, 1.82) is 0 Å². The molecule has 1 saturated heterocycles. The van der Waals surface area contributed by atoms with Crippen LogP contribution in [0.15, 0.2) is 59.6 Å². The zero-order valence-corrected chi connectivity index (χ0v) is 15.9. The third kappa shape index (κ3) is 5.33. The lowest BCUT2D eigenvalue weighted by molar-refractivity contribution is 0.100. The predicted molar refractivity (Wildman–Crippen MR) is 110 cm³/mol. The molecule has 0 aliphatic carbocycles.